The Bertz CT molecular complexity index is 137. The van der Waals surface area contributed by atoms with E-state index in [1.54, 1.807) is 0 Å². The zero-order chi connectivity index (χ0) is 8.57. The molecule has 0 radical (unpaired) electrons. The van der Waals surface area contributed by atoms with E-state index in [-0.39, 0.29) is 37.0 Å². The monoisotopic (exact) mass is 191 g/mol. The molecule has 0 aromatic rings. The Morgan fingerprint density at radius 1 is 1.91 bits per heavy atom. The summed E-state index contributed by atoms with van der Waals surface area (Å²) in [6.45, 7) is 4.48. The van der Waals surface area contributed by atoms with Crippen molar-refractivity contribution in [2.24, 2.45) is 0 Å². The summed E-state index contributed by atoms with van der Waals surface area (Å²) in [4.78, 5) is 9.75. The molecule has 0 aromatic carbocycles. The van der Waals surface area contributed by atoms with E-state index in [0.29, 0.717) is 0 Å². The molecule has 0 aliphatic rings. The average molecular weight is 191 g/mol. The maximum absolute atomic E-state index is 9.75. The van der Waals surface area contributed by atoms with Crippen molar-refractivity contribution in [1.82, 2.24) is 0 Å². The van der Waals surface area contributed by atoms with Crippen LogP contribution in [-0.4, -0.2) is 19.3 Å². The van der Waals surface area contributed by atoms with Crippen LogP contribution in [0.3, 0.4) is 0 Å². The van der Waals surface area contributed by atoms with E-state index in [4.69, 9.17) is 13.3 Å². The molecule has 7 heteroatoms. The van der Waals surface area contributed by atoms with E-state index in [2.05, 4.69) is 11.3 Å². The molecule has 0 heterocycles. The predicted molar refractivity (Wildman–Crippen MR) is 34.6 cm³/mol. The van der Waals surface area contributed by atoms with Crippen molar-refractivity contribution < 1.29 is 53.8 Å². The van der Waals surface area contributed by atoms with Gasteiger partial charge in [0.25, 0.3) is 0 Å². The van der Waals surface area contributed by atoms with Gasteiger partial charge in [-0.2, -0.15) is 0 Å². The van der Waals surface area contributed by atoms with Gasteiger partial charge in [-0.1, -0.05) is 6.58 Å². The molecule has 5 nitrogen and oxygen atoms in total. The largest absolute Gasteiger partial charge is 1.00 e. The number of carbonyl (C=O) groups excluding carboxylic acids is 1. The maximum Gasteiger partial charge on any atom is 1.00 e. The molecular formula is C4H8NaO5S-. The molecule has 0 amide bonds. The van der Waals surface area contributed by atoms with Gasteiger partial charge in [0, 0.05) is 6.92 Å². The maximum atomic E-state index is 9.75. The molecule has 1 unspecified atom stereocenters. The second-order valence-electron chi connectivity index (χ2n) is 0.993. The Morgan fingerprint density at radius 2 is 2.18 bits per heavy atom. The molecule has 0 bridgehead atoms. The van der Waals surface area contributed by atoms with Gasteiger partial charge in [-0.3, -0.25) is 4.79 Å². The molecule has 1 atom stereocenters. The Kier molecular flexibility index (Phi) is 20.4. The Hall–Kier alpha value is 0.280. The summed E-state index contributed by atoms with van der Waals surface area (Å²) in [6.07, 6.45) is 1.10. The minimum atomic E-state index is -2.86. The summed E-state index contributed by atoms with van der Waals surface area (Å²) in [7, 11) is 0. The number of carbonyl (C=O) groups is 1. The fourth-order valence-corrected chi connectivity index (χ4v) is 0.117. The molecule has 0 spiro atoms. The van der Waals surface area contributed by atoms with Crippen LogP contribution in [0.15, 0.2) is 12.8 Å². The molecule has 0 aliphatic carbocycles. The van der Waals surface area contributed by atoms with Crippen molar-refractivity contribution in [2.75, 3.05) is 0 Å². The van der Waals surface area contributed by atoms with Gasteiger partial charge in [-0.15, -0.1) is 0 Å². The van der Waals surface area contributed by atoms with Gasteiger partial charge in [-0.05, 0) is 0 Å². The third-order valence-corrected chi connectivity index (χ3v) is 0.249. The topological polar surface area (TPSA) is 86.7 Å². The van der Waals surface area contributed by atoms with Crippen LogP contribution in [0.1, 0.15) is 8.35 Å². The first kappa shape index (κ1) is 17.4. The fraction of sp³-hybridized carbons (Fsp3) is 0.250. The summed E-state index contributed by atoms with van der Waals surface area (Å²) in [5.74, 6) is -0.329. The molecule has 0 rings (SSSR count). The first-order chi connectivity index (χ1) is 4.50. The molecule has 0 fully saturated rings. The van der Waals surface area contributed by atoms with Crippen molar-refractivity contribution >= 4 is 17.3 Å². The summed E-state index contributed by atoms with van der Waals surface area (Å²) in [5.41, 5.74) is 0. The van der Waals surface area contributed by atoms with Gasteiger partial charge >= 0.3 is 35.5 Å². The zero-order valence-electron chi connectivity index (χ0n) is 7.27. The predicted octanol–water partition coefficient (Wildman–Crippen LogP) is -2.85. The van der Waals surface area contributed by atoms with Gasteiger partial charge in [0.15, 0.2) is 0 Å². The first-order valence-corrected chi connectivity index (χ1v) is 3.10. The fourth-order valence-electron chi connectivity index (χ4n) is 0.117. The molecule has 0 saturated carbocycles. The Morgan fingerprint density at radius 3 is 2.18 bits per heavy atom. The zero-order valence-corrected chi connectivity index (χ0v) is 9.09. The third kappa shape index (κ3) is 65.5. The van der Waals surface area contributed by atoms with Gasteiger partial charge in [0.2, 0.25) is 0 Å². The van der Waals surface area contributed by atoms with Crippen LogP contribution in [0.5, 0.6) is 0 Å². The van der Waals surface area contributed by atoms with Crippen LogP contribution in [-0.2, 0) is 20.9 Å². The van der Waals surface area contributed by atoms with E-state index in [0.717, 1.165) is 6.26 Å². The number of hydrogen-bond acceptors (Lipinski definition) is 4. The average Bonchev–Trinajstić information content (AvgIpc) is 1.62. The molecule has 0 aromatic heterocycles. The third-order valence-electron chi connectivity index (χ3n) is 0.249. The van der Waals surface area contributed by atoms with E-state index < -0.39 is 11.4 Å². The van der Waals surface area contributed by atoms with E-state index in [1.807, 2.05) is 0 Å². The van der Waals surface area contributed by atoms with Crippen LogP contribution in [0.25, 0.3) is 0 Å². The normalized spacial score (nSPS) is 9.36. The number of rotatable bonds is 1. The summed E-state index contributed by atoms with van der Waals surface area (Å²) in [5, 5.41) is 0. The van der Waals surface area contributed by atoms with Crippen LogP contribution in [0, 0.1) is 0 Å². The number of esters is 1. The van der Waals surface area contributed by atoms with Crippen molar-refractivity contribution in [3.05, 3.63) is 12.8 Å². The van der Waals surface area contributed by atoms with Gasteiger partial charge in [0.1, 0.15) is 0 Å². The van der Waals surface area contributed by atoms with Gasteiger partial charge in [-0.25, -0.2) is 4.21 Å². The quantitative estimate of drug-likeness (QED) is 0.208. The van der Waals surface area contributed by atoms with Crippen molar-refractivity contribution in [2.45, 2.75) is 6.92 Å². The second-order valence-corrected chi connectivity index (χ2v) is 1.43. The second kappa shape index (κ2) is 12.9. The molecular weight excluding hydrogens is 183 g/mol. The minimum Gasteiger partial charge on any atom is -1.00 e. The van der Waals surface area contributed by atoms with Crippen molar-refractivity contribution in [3.8, 4) is 0 Å². The van der Waals surface area contributed by atoms with Crippen molar-refractivity contribution in [1.29, 1.82) is 0 Å². The van der Waals surface area contributed by atoms with Gasteiger partial charge < -0.3 is 15.3 Å². The van der Waals surface area contributed by atoms with Crippen molar-refractivity contribution in [3.63, 3.8) is 0 Å². The molecule has 0 aliphatic heterocycles. The Labute approximate surface area is 90.7 Å². The molecule has 62 valence electrons. The smallest absolute Gasteiger partial charge is 1.00 e. The molecule has 1 N–H and O–H groups in total. The van der Waals surface area contributed by atoms with E-state index >= 15 is 0 Å². The summed E-state index contributed by atoms with van der Waals surface area (Å²) in [6, 6.07) is 0. The van der Waals surface area contributed by atoms with Crippen LogP contribution < -0.4 is 29.6 Å². The summed E-state index contributed by atoms with van der Waals surface area (Å²) >= 11 is -2.86. The van der Waals surface area contributed by atoms with Gasteiger partial charge in [0.05, 0.1) is 17.6 Å². The van der Waals surface area contributed by atoms with Crippen LogP contribution >= 0.6 is 0 Å². The van der Waals surface area contributed by atoms with Crippen LogP contribution in [0.2, 0.25) is 0 Å². The standard InChI is InChI=1S/C4H6O2.Na.H2O3S.H/c1-3-6-4(2)5;;1-4(2)3;/h3H,1H2,2H3;;(H2,1,2,3);/q;+1;;-1/p-1. The number of hydrogen-bond donors (Lipinski definition) is 1. The van der Waals surface area contributed by atoms with E-state index in [1.165, 1.54) is 6.92 Å². The minimum absolute atomic E-state index is 0. The first-order valence-electron chi connectivity index (χ1n) is 2.07. The summed E-state index contributed by atoms with van der Waals surface area (Å²) < 4.78 is 28.2. The van der Waals surface area contributed by atoms with Crippen LogP contribution in [0.4, 0.5) is 0 Å². The Balaban J connectivity index is -0.0000000483. The number of ether oxygens (including phenoxy) is 1. The SMILES string of the molecule is C=COC(C)=O.O=S([O-])O.[H-].[Na+]. The van der Waals surface area contributed by atoms with E-state index in [9.17, 15) is 4.79 Å². The molecule has 11 heavy (non-hydrogen) atoms. The molecule has 0 saturated heterocycles.